The zero-order valence-electron chi connectivity index (χ0n) is 12.0. The minimum Gasteiger partial charge on any atom is -0.497 e. The molecule has 1 aromatic carbocycles. The van der Waals surface area contributed by atoms with Crippen LogP contribution in [0.25, 0.3) is 0 Å². The van der Waals surface area contributed by atoms with E-state index >= 15 is 0 Å². The number of aryl methyl sites for hydroxylation is 3. The molecule has 1 heterocycles. The van der Waals surface area contributed by atoms with Crippen LogP contribution in [0.5, 0.6) is 5.75 Å². The number of hydrogen-bond acceptors (Lipinski definition) is 3. The summed E-state index contributed by atoms with van der Waals surface area (Å²) in [7, 11) is 1.64. The molecule has 0 saturated carbocycles. The third kappa shape index (κ3) is 3.38. The number of hydrogen-bond donors (Lipinski definition) is 2. The van der Waals surface area contributed by atoms with E-state index in [1.54, 1.807) is 7.11 Å². The Balaban J connectivity index is 1.89. The Kier molecular flexibility index (Phi) is 4.40. The number of aromatic nitrogens is 2. The van der Waals surface area contributed by atoms with E-state index in [2.05, 4.69) is 15.5 Å². The lowest BCUT2D eigenvalue weighted by Gasteiger charge is -2.06. The maximum Gasteiger partial charge on any atom is 0.224 e. The number of nitrogens with zero attached hydrogens (tertiary/aromatic N) is 1. The molecule has 5 nitrogen and oxygen atoms in total. The first kappa shape index (κ1) is 14.1. The average Bonchev–Trinajstić information content (AvgIpc) is 2.77. The third-order valence-corrected chi connectivity index (χ3v) is 3.19. The minimum atomic E-state index is -0.00609. The van der Waals surface area contributed by atoms with E-state index in [4.69, 9.17) is 4.74 Å². The zero-order chi connectivity index (χ0) is 14.5. The Morgan fingerprint density at radius 1 is 1.30 bits per heavy atom. The van der Waals surface area contributed by atoms with Crippen molar-refractivity contribution in [2.45, 2.75) is 26.7 Å². The fraction of sp³-hybridized carbons (Fsp3) is 0.333. The molecule has 0 atom stereocenters. The van der Waals surface area contributed by atoms with E-state index < -0.39 is 0 Å². The van der Waals surface area contributed by atoms with Gasteiger partial charge in [0.2, 0.25) is 5.91 Å². The summed E-state index contributed by atoms with van der Waals surface area (Å²) >= 11 is 0. The van der Waals surface area contributed by atoms with Gasteiger partial charge in [-0.1, -0.05) is 12.1 Å². The number of rotatable bonds is 5. The predicted molar refractivity (Wildman–Crippen MR) is 78.0 cm³/mol. The molecule has 0 fully saturated rings. The highest BCUT2D eigenvalue weighted by atomic mass is 16.5. The molecule has 0 spiro atoms. The molecule has 106 valence electrons. The quantitative estimate of drug-likeness (QED) is 0.880. The molecular formula is C15H19N3O2. The van der Waals surface area contributed by atoms with E-state index in [-0.39, 0.29) is 5.91 Å². The summed E-state index contributed by atoms with van der Waals surface area (Å²) in [6.45, 7) is 3.75. The highest BCUT2D eigenvalue weighted by Gasteiger charge is 2.10. The lowest BCUT2D eigenvalue weighted by molar-refractivity contribution is -0.116. The molecule has 20 heavy (non-hydrogen) atoms. The van der Waals surface area contributed by atoms with E-state index in [9.17, 15) is 4.79 Å². The SMILES string of the molecule is COc1ccc(CCC(=O)Nc2c(C)n[nH]c2C)cc1. The van der Waals surface area contributed by atoms with Crippen LogP contribution < -0.4 is 10.1 Å². The fourth-order valence-electron chi connectivity index (χ4n) is 1.99. The Hall–Kier alpha value is -2.30. The highest BCUT2D eigenvalue weighted by Crippen LogP contribution is 2.17. The lowest BCUT2D eigenvalue weighted by atomic mass is 10.1. The van der Waals surface area contributed by atoms with E-state index in [0.717, 1.165) is 28.4 Å². The lowest BCUT2D eigenvalue weighted by Crippen LogP contribution is -2.13. The van der Waals surface area contributed by atoms with Gasteiger partial charge in [-0.05, 0) is 38.0 Å². The van der Waals surface area contributed by atoms with Gasteiger partial charge < -0.3 is 10.1 Å². The second kappa shape index (κ2) is 6.23. The third-order valence-electron chi connectivity index (χ3n) is 3.19. The number of benzene rings is 1. The van der Waals surface area contributed by atoms with Crippen LogP contribution in [0.2, 0.25) is 0 Å². The number of carbonyl (C=O) groups excluding carboxylic acids is 1. The Morgan fingerprint density at radius 3 is 2.55 bits per heavy atom. The maximum absolute atomic E-state index is 11.9. The van der Waals surface area contributed by atoms with Crippen molar-refractivity contribution in [1.82, 2.24) is 10.2 Å². The highest BCUT2D eigenvalue weighted by molar-refractivity contribution is 5.91. The van der Waals surface area contributed by atoms with Gasteiger partial charge in [-0.3, -0.25) is 9.89 Å². The molecule has 0 aliphatic heterocycles. The van der Waals surface area contributed by atoms with Gasteiger partial charge in [0.15, 0.2) is 0 Å². The van der Waals surface area contributed by atoms with Crippen LogP contribution >= 0.6 is 0 Å². The van der Waals surface area contributed by atoms with E-state index in [0.29, 0.717) is 12.8 Å². The summed E-state index contributed by atoms with van der Waals surface area (Å²) in [6, 6.07) is 7.75. The van der Waals surface area contributed by atoms with Crippen molar-refractivity contribution in [3.05, 3.63) is 41.2 Å². The number of carbonyl (C=O) groups is 1. The number of aromatic amines is 1. The van der Waals surface area contributed by atoms with Crippen LogP contribution in [0.1, 0.15) is 23.4 Å². The van der Waals surface area contributed by atoms with Gasteiger partial charge in [-0.25, -0.2) is 0 Å². The fourth-order valence-corrected chi connectivity index (χ4v) is 1.99. The molecule has 0 aliphatic carbocycles. The maximum atomic E-state index is 11.9. The molecule has 1 amide bonds. The van der Waals surface area contributed by atoms with E-state index in [1.165, 1.54) is 0 Å². The van der Waals surface area contributed by atoms with Gasteiger partial charge >= 0.3 is 0 Å². The van der Waals surface area contributed by atoms with E-state index in [1.807, 2.05) is 38.1 Å². The van der Waals surface area contributed by atoms with Crippen molar-refractivity contribution in [2.75, 3.05) is 12.4 Å². The van der Waals surface area contributed by atoms with Gasteiger partial charge in [0.25, 0.3) is 0 Å². The first-order chi connectivity index (χ1) is 9.60. The van der Waals surface area contributed by atoms with Crippen molar-refractivity contribution in [3.63, 3.8) is 0 Å². The van der Waals surface area contributed by atoms with Gasteiger partial charge in [-0.2, -0.15) is 5.10 Å². The van der Waals surface area contributed by atoms with Crippen molar-refractivity contribution >= 4 is 11.6 Å². The Morgan fingerprint density at radius 2 is 2.00 bits per heavy atom. The molecule has 0 aliphatic rings. The van der Waals surface area contributed by atoms with Gasteiger partial charge in [0.05, 0.1) is 24.2 Å². The van der Waals surface area contributed by atoms with Crippen LogP contribution in [0.3, 0.4) is 0 Å². The number of H-pyrrole nitrogens is 1. The first-order valence-corrected chi connectivity index (χ1v) is 6.54. The smallest absolute Gasteiger partial charge is 0.224 e. The number of amides is 1. The van der Waals surface area contributed by atoms with Crippen LogP contribution in [-0.4, -0.2) is 23.2 Å². The van der Waals surface area contributed by atoms with Crippen LogP contribution in [-0.2, 0) is 11.2 Å². The average molecular weight is 273 g/mol. The molecule has 2 aromatic rings. The standard InChI is InChI=1S/C15H19N3O2/c1-10-15(11(2)18-17-10)16-14(19)9-6-12-4-7-13(20-3)8-5-12/h4-5,7-8H,6,9H2,1-3H3,(H,16,19)(H,17,18). The Labute approximate surface area is 118 Å². The van der Waals surface area contributed by atoms with Gasteiger partial charge in [0.1, 0.15) is 5.75 Å². The predicted octanol–water partition coefficient (Wildman–Crippen LogP) is 2.61. The number of anilines is 1. The van der Waals surface area contributed by atoms with Crippen LogP contribution in [0.15, 0.2) is 24.3 Å². The normalized spacial score (nSPS) is 10.3. The second-order valence-electron chi connectivity index (χ2n) is 4.71. The van der Waals surface area contributed by atoms with Gasteiger partial charge in [0, 0.05) is 6.42 Å². The molecule has 0 unspecified atom stereocenters. The van der Waals surface area contributed by atoms with Crippen LogP contribution in [0.4, 0.5) is 5.69 Å². The van der Waals surface area contributed by atoms with Crippen molar-refractivity contribution in [1.29, 1.82) is 0 Å². The van der Waals surface area contributed by atoms with Crippen molar-refractivity contribution in [3.8, 4) is 5.75 Å². The van der Waals surface area contributed by atoms with Crippen molar-refractivity contribution in [2.24, 2.45) is 0 Å². The molecule has 0 saturated heterocycles. The molecule has 0 radical (unpaired) electrons. The molecule has 2 N–H and O–H groups in total. The Bertz CT molecular complexity index is 568. The van der Waals surface area contributed by atoms with Gasteiger partial charge in [-0.15, -0.1) is 0 Å². The summed E-state index contributed by atoms with van der Waals surface area (Å²) in [5.41, 5.74) is 3.58. The minimum absolute atomic E-state index is 0.00609. The summed E-state index contributed by atoms with van der Waals surface area (Å²) in [6.07, 6.45) is 1.14. The first-order valence-electron chi connectivity index (χ1n) is 6.54. The molecule has 0 bridgehead atoms. The molecule has 1 aromatic heterocycles. The molecule has 2 rings (SSSR count). The second-order valence-corrected chi connectivity index (χ2v) is 4.71. The van der Waals surface area contributed by atoms with Crippen LogP contribution in [0, 0.1) is 13.8 Å². The number of methoxy groups -OCH3 is 1. The van der Waals surface area contributed by atoms with Crippen molar-refractivity contribution < 1.29 is 9.53 Å². The largest absolute Gasteiger partial charge is 0.497 e. The zero-order valence-corrected chi connectivity index (χ0v) is 12.0. The monoisotopic (exact) mass is 273 g/mol. The molecular weight excluding hydrogens is 254 g/mol. The summed E-state index contributed by atoms with van der Waals surface area (Å²) in [4.78, 5) is 11.9. The number of ether oxygens (including phenoxy) is 1. The summed E-state index contributed by atoms with van der Waals surface area (Å²) < 4.78 is 5.10. The summed E-state index contributed by atoms with van der Waals surface area (Å²) in [5.74, 6) is 0.816. The summed E-state index contributed by atoms with van der Waals surface area (Å²) in [5, 5.41) is 9.80. The number of nitrogens with one attached hydrogen (secondary N) is 2. The topological polar surface area (TPSA) is 67.0 Å². The molecule has 5 heteroatoms.